The molecule has 1 unspecified atom stereocenters. The molecule has 0 N–H and O–H groups in total. The number of ether oxygens (including phenoxy) is 1. The molecule has 0 saturated carbocycles. The van der Waals surface area contributed by atoms with Gasteiger partial charge in [-0.1, -0.05) is 36.7 Å². The van der Waals surface area contributed by atoms with Crippen molar-refractivity contribution >= 4 is 28.5 Å². The molecule has 0 aliphatic carbocycles. The molecule has 1 saturated heterocycles. The Morgan fingerprint density at radius 3 is 2.62 bits per heavy atom. The largest absolute Gasteiger partial charge is 0.451 e. The first-order chi connectivity index (χ1) is 14.0. The van der Waals surface area contributed by atoms with Crippen LogP contribution in [0.3, 0.4) is 0 Å². The highest BCUT2D eigenvalue weighted by molar-refractivity contribution is 6.30. The molecule has 1 aromatic heterocycles. The van der Waals surface area contributed by atoms with Crippen LogP contribution < -0.4 is 0 Å². The van der Waals surface area contributed by atoms with Gasteiger partial charge in [0.2, 0.25) is 0 Å². The van der Waals surface area contributed by atoms with E-state index < -0.39 is 0 Å². The monoisotopic (exact) mass is 411 g/mol. The van der Waals surface area contributed by atoms with E-state index in [1.54, 1.807) is 0 Å². The second kappa shape index (κ2) is 8.60. The summed E-state index contributed by atoms with van der Waals surface area (Å²) in [4.78, 5) is 15.3. The zero-order chi connectivity index (χ0) is 20.4. The smallest absolute Gasteiger partial charge is 0.290 e. The van der Waals surface area contributed by atoms with E-state index >= 15 is 0 Å². The number of fused-ring (bicyclic) bond motifs is 1. The van der Waals surface area contributed by atoms with Crippen molar-refractivity contribution in [2.75, 3.05) is 13.2 Å². The number of benzene rings is 2. The van der Waals surface area contributed by atoms with Gasteiger partial charge < -0.3 is 14.1 Å². The Balaban J connectivity index is 1.65. The maximum atomic E-state index is 13.5. The summed E-state index contributed by atoms with van der Waals surface area (Å²) in [7, 11) is 0. The van der Waals surface area contributed by atoms with E-state index in [1.165, 1.54) is 5.56 Å². The fraction of sp³-hybridized carbons (Fsp3) is 0.375. The minimum absolute atomic E-state index is 0.0719. The zero-order valence-corrected chi connectivity index (χ0v) is 17.7. The van der Waals surface area contributed by atoms with Gasteiger partial charge in [0, 0.05) is 35.7 Å². The first-order valence-electron chi connectivity index (χ1n) is 10.2. The minimum atomic E-state index is -0.0952. The Morgan fingerprint density at radius 1 is 1.17 bits per heavy atom. The molecule has 4 rings (SSSR count). The van der Waals surface area contributed by atoms with Crippen LogP contribution in [0.15, 0.2) is 46.9 Å². The first-order valence-corrected chi connectivity index (χ1v) is 10.6. The van der Waals surface area contributed by atoms with E-state index in [1.807, 2.05) is 42.2 Å². The van der Waals surface area contributed by atoms with Crippen LogP contribution in [-0.2, 0) is 17.7 Å². The molecule has 3 aromatic rings. The number of furan rings is 1. The standard InChI is InChI=1S/C24H26ClNO3/c1-3-17-8-11-22-21(13-17)16(2)23(29-22)24(27)26(15-20-5-4-12-28-20)14-18-6-9-19(25)10-7-18/h6-11,13,20H,3-5,12,14-15H2,1-2H3. The van der Waals surface area contributed by atoms with E-state index in [-0.39, 0.29) is 12.0 Å². The average Bonchev–Trinajstić information content (AvgIpc) is 3.36. The third-order valence-electron chi connectivity index (χ3n) is 5.63. The van der Waals surface area contributed by atoms with Gasteiger partial charge in [-0.15, -0.1) is 0 Å². The summed E-state index contributed by atoms with van der Waals surface area (Å²) in [5.41, 5.74) is 3.92. The molecule has 2 heterocycles. The summed E-state index contributed by atoms with van der Waals surface area (Å²) in [6.07, 6.45) is 3.04. The van der Waals surface area contributed by atoms with Crippen molar-refractivity contribution in [3.05, 3.63) is 69.9 Å². The summed E-state index contributed by atoms with van der Waals surface area (Å²) in [6.45, 7) is 5.89. The van der Waals surface area contributed by atoms with Gasteiger partial charge in [0.25, 0.3) is 5.91 Å². The molecule has 1 aliphatic rings. The van der Waals surface area contributed by atoms with E-state index in [0.717, 1.165) is 48.0 Å². The second-order valence-electron chi connectivity index (χ2n) is 7.69. The molecule has 1 amide bonds. The van der Waals surface area contributed by atoms with Gasteiger partial charge in [-0.05, 0) is 61.6 Å². The van der Waals surface area contributed by atoms with Crippen molar-refractivity contribution in [3.8, 4) is 0 Å². The molecule has 0 spiro atoms. The maximum absolute atomic E-state index is 13.5. The van der Waals surface area contributed by atoms with Crippen LogP contribution in [0, 0.1) is 6.92 Å². The number of carbonyl (C=O) groups excluding carboxylic acids is 1. The number of amides is 1. The predicted molar refractivity (Wildman–Crippen MR) is 115 cm³/mol. The summed E-state index contributed by atoms with van der Waals surface area (Å²) in [5, 5.41) is 1.70. The predicted octanol–water partition coefficient (Wildman–Crippen LogP) is 5.78. The van der Waals surface area contributed by atoms with Crippen molar-refractivity contribution < 1.29 is 13.9 Å². The van der Waals surface area contributed by atoms with Crippen LogP contribution in [0.5, 0.6) is 0 Å². The van der Waals surface area contributed by atoms with Crippen molar-refractivity contribution in [2.24, 2.45) is 0 Å². The van der Waals surface area contributed by atoms with E-state index in [2.05, 4.69) is 19.1 Å². The van der Waals surface area contributed by atoms with Crippen molar-refractivity contribution in [1.29, 1.82) is 0 Å². The van der Waals surface area contributed by atoms with E-state index in [9.17, 15) is 4.79 Å². The van der Waals surface area contributed by atoms with Crippen LogP contribution in [0.2, 0.25) is 5.02 Å². The molecule has 1 fully saturated rings. The van der Waals surface area contributed by atoms with Gasteiger partial charge in [-0.2, -0.15) is 0 Å². The van der Waals surface area contributed by atoms with Gasteiger partial charge in [0.15, 0.2) is 5.76 Å². The summed E-state index contributed by atoms with van der Waals surface area (Å²) >= 11 is 6.02. The average molecular weight is 412 g/mol. The van der Waals surface area contributed by atoms with Crippen LogP contribution >= 0.6 is 11.6 Å². The molecular weight excluding hydrogens is 386 g/mol. The lowest BCUT2D eigenvalue weighted by Gasteiger charge is -2.25. The van der Waals surface area contributed by atoms with Gasteiger partial charge in [-0.3, -0.25) is 4.79 Å². The lowest BCUT2D eigenvalue weighted by molar-refractivity contribution is 0.0485. The number of aryl methyl sites for hydroxylation is 2. The number of nitrogens with zero attached hydrogens (tertiary/aromatic N) is 1. The quantitative estimate of drug-likeness (QED) is 0.516. The molecule has 2 aromatic carbocycles. The molecule has 1 aliphatic heterocycles. The lowest BCUT2D eigenvalue weighted by Crippen LogP contribution is -2.37. The summed E-state index contributed by atoms with van der Waals surface area (Å²) in [5.74, 6) is 0.322. The first kappa shape index (κ1) is 20.0. The molecule has 0 bridgehead atoms. The van der Waals surface area contributed by atoms with Crippen molar-refractivity contribution in [1.82, 2.24) is 4.90 Å². The van der Waals surface area contributed by atoms with Crippen molar-refractivity contribution in [2.45, 2.75) is 45.8 Å². The molecule has 152 valence electrons. The highest BCUT2D eigenvalue weighted by Gasteiger charge is 2.27. The summed E-state index contributed by atoms with van der Waals surface area (Å²) in [6, 6.07) is 13.7. The van der Waals surface area contributed by atoms with Crippen LogP contribution in [0.4, 0.5) is 0 Å². The number of carbonyl (C=O) groups is 1. The fourth-order valence-electron chi connectivity index (χ4n) is 3.90. The molecule has 0 radical (unpaired) electrons. The summed E-state index contributed by atoms with van der Waals surface area (Å²) < 4.78 is 11.8. The normalized spacial score (nSPS) is 16.4. The number of hydrogen-bond donors (Lipinski definition) is 0. The molecule has 29 heavy (non-hydrogen) atoms. The zero-order valence-electron chi connectivity index (χ0n) is 16.9. The van der Waals surface area contributed by atoms with E-state index in [4.69, 9.17) is 20.8 Å². The van der Waals surface area contributed by atoms with Crippen LogP contribution in [0.25, 0.3) is 11.0 Å². The molecule has 5 heteroatoms. The van der Waals surface area contributed by atoms with Gasteiger partial charge in [0.1, 0.15) is 5.58 Å². The van der Waals surface area contributed by atoms with Crippen LogP contribution in [0.1, 0.15) is 47.0 Å². The Labute approximate surface area is 176 Å². The number of hydrogen-bond acceptors (Lipinski definition) is 3. The van der Waals surface area contributed by atoms with Gasteiger partial charge >= 0.3 is 0 Å². The lowest BCUT2D eigenvalue weighted by atomic mass is 10.1. The Bertz CT molecular complexity index is 1000. The van der Waals surface area contributed by atoms with Gasteiger partial charge in [0.05, 0.1) is 6.10 Å². The Kier molecular flexibility index (Phi) is 5.93. The van der Waals surface area contributed by atoms with Gasteiger partial charge in [-0.25, -0.2) is 0 Å². The SMILES string of the molecule is CCc1ccc2oc(C(=O)N(Cc3ccc(Cl)cc3)CC3CCCO3)c(C)c2c1. The molecule has 4 nitrogen and oxygen atoms in total. The third-order valence-corrected chi connectivity index (χ3v) is 5.88. The highest BCUT2D eigenvalue weighted by Crippen LogP contribution is 2.28. The fourth-order valence-corrected chi connectivity index (χ4v) is 4.03. The molecule has 1 atom stereocenters. The second-order valence-corrected chi connectivity index (χ2v) is 8.12. The minimum Gasteiger partial charge on any atom is -0.451 e. The van der Waals surface area contributed by atoms with Crippen molar-refractivity contribution in [3.63, 3.8) is 0 Å². The maximum Gasteiger partial charge on any atom is 0.290 e. The number of rotatable bonds is 6. The highest BCUT2D eigenvalue weighted by atomic mass is 35.5. The Hall–Kier alpha value is -2.30. The topological polar surface area (TPSA) is 42.7 Å². The Morgan fingerprint density at radius 2 is 1.93 bits per heavy atom. The van der Waals surface area contributed by atoms with Crippen LogP contribution in [-0.4, -0.2) is 30.1 Å². The van der Waals surface area contributed by atoms with E-state index in [0.29, 0.717) is 23.9 Å². The molecular formula is C24H26ClNO3. The number of halogens is 1. The third kappa shape index (κ3) is 4.34.